The first kappa shape index (κ1) is 19.3. The molecule has 150 valence electrons. The topological polar surface area (TPSA) is 43.9 Å². The molecule has 29 heavy (non-hydrogen) atoms. The molecular weight excluding hydrogens is 376 g/mol. The molecule has 1 fully saturated rings. The Morgan fingerprint density at radius 2 is 1.52 bits per heavy atom. The van der Waals surface area contributed by atoms with Crippen LogP contribution in [0.25, 0.3) is 5.57 Å². The first-order chi connectivity index (χ1) is 14.0. The number of hydrogen-bond acceptors (Lipinski definition) is 4. The Morgan fingerprint density at radius 1 is 0.862 bits per heavy atom. The molecule has 0 aromatic heterocycles. The number of anilines is 1. The van der Waals surface area contributed by atoms with E-state index in [1.54, 1.807) is 6.07 Å². The Bertz CT molecular complexity index is 980. The van der Waals surface area contributed by atoms with Crippen LogP contribution in [-0.4, -0.2) is 54.3 Å². The number of carbonyl (C=O) groups is 2. The van der Waals surface area contributed by atoms with Crippen LogP contribution in [0.1, 0.15) is 12.5 Å². The number of amides is 2. The molecule has 0 aliphatic carbocycles. The number of nitrogens with zero attached hydrogens (tertiary/aromatic N) is 3. The predicted octanol–water partition coefficient (Wildman–Crippen LogP) is 2.89. The van der Waals surface area contributed by atoms with E-state index in [9.17, 15) is 18.4 Å². The van der Waals surface area contributed by atoms with Crippen molar-refractivity contribution < 1.29 is 18.4 Å². The zero-order valence-electron chi connectivity index (χ0n) is 16.1. The molecule has 5 nitrogen and oxygen atoms in total. The number of likely N-dealkylation sites (N-methyl/N-ethyl adjacent to an activating group) is 1. The van der Waals surface area contributed by atoms with E-state index in [-0.39, 0.29) is 17.0 Å². The van der Waals surface area contributed by atoms with Gasteiger partial charge in [-0.1, -0.05) is 31.2 Å². The summed E-state index contributed by atoms with van der Waals surface area (Å²) in [5.74, 6) is -2.23. The van der Waals surface area contributed by atoms with Gasteiger partial charge in [0.1, 0.15) is 17.3 Å². The van der Waals surface area contributed by atoms with Crippen LogP contribution in [0.15, 0.2) is 54.2 Å². The number of hydrogen-bond donors (Lipinski definition) is 0. The third-order valence-electron chi connectivity index (χ3n) is 5.42. The zero-order chi connectivity index (χ0) is 20.5. The van der Waals surface area contributed by atoms with E-state index >= 15 is 0 Å². The molecule has 0 unspecified atom stereocenters. The summed E-state index contributed by atoms with van der Waals surface area (Å²) in [6.45, 7) is 5.67. The van der Waals surface area contributed by atoms with Gasteiger partial charge in [-0.05, 0) is 36.4 Å². The molecule has 4 rings (SSSR count). The third-order valence-corrected chi connectivity index (χ3v) is 5.42. The predicted molar refractivity (Wildman–Crippen MR) is 106 cm³/mol. The summed E-state index contributed by atoms with van der Waals surface area (Å²) in [6.07, 6.45) is 0. The van der Waals surface area contributed by atoms with Crippen LogP contribution in [0.3, 0.4) is 0 Å². The Balaban J connectivity index is 1.79. The van der Waals surface area contributed by atoms with Gasteiger partial charge in [0, 0.05) is 26.2 Å². The molecule has 2 aromatic rings. The summed E-state index contributed by atoms with van der Waals surface area (Å²) in [5.41, 5.74) is 0.796. The van der Waals surface area contributed by atoms with Crippen LogP contribution >= 0.6 is 0 Å². The van der Waals surface area contributed by atoms with Crippen molar-refractivity contribution >= 4 is 23.1 Å². The third kappa shape index (κ3) is 3.42. The fourth-order valence-electron chi connectivity index (χ4n) is 3.83. The zero-order valence-corrected chi connectivity index (χ0v) is 16.1. The molecule has 0 atom stereocenters. The second-order valence-corrected chi connectivity index (χ2v) is 7.05. The number of halogens is 2. The molecule has 7 heteroatoms. The maximum absolute atomic E-state index is 14.4. The second kappa shape index (κ2) is 7.75. The fraction of sp³-hybridized carbons (Fsp3) is 0.273. The van der Waals surface area contributed by atoms with E-state index in [4.69, 9.17) is 0 Å². The highest BCUT2D eigenvalue weighted by molar-refractivity contribution is 6.45. The molecule has 2 aliphatic rings. The van der Waals surface area contributed by atoms with Gasteiger partial charge in [-0.25, -0.2) is 13.7 Å². The Kier molecular flexibility index (Phi) is 5.15. The average Bonchev–Trinajstić information content (AvgIpc) is 2.99. The molecule has 2 aliphatic heterocycles. The molecule has 0 bridgehead atoms. The van der Waals surface area contributed by atoms with Crippen LogP contribution in [-0.2, 0) is 9.59 Å². The van der Waals surface area contributed by atoms with Gasteiger partial charge >= 0.3 is 0 Å². The maximum atomic E-state index is 14.4. The van der Waals surface area contributed by atoms with Gasteiger partial charge in [-0.3, -0.25) is 9.59 Å². The minimum atomic E-state index is -0.648. The normalized spacial score (nSPS) is 18.2. The fourth-order valence-corrected chi connectivity index (χ4v) is 3.83. The van der Waals surface area contributed by atoms with Crippen LogP contribution in [0.2, 0.25) is 0 Å². The first-order valence-electron chi connectivity index (χ1n) is 9.62. The van der Waals surface area contributed by atoms with Gasteiger partial charge in [0.25, 0.3) is 11.8 Å². The molecule has 1 saturated heterocycles. The number of para-hydroxylation sites is 1. The van der Waals surface area contributed by atoms with Crippen molar-refractivity contribution in [2.45, 2.75) is 6.92 Å². The van der Waals surface area contributed by atoms with E-state index in [1.807, 2.05) is 4.90 Å². The molecule has 2 aromatic carbocycles. The maximum Gasteiger partial charge on any atom is 0.282 e. The number of piperazine rings is 1. The summed E-state index contributed by atoms with van der Waals surface area (Å²) < 4.78 is 27.8. The lowest BCUT2D eigenvalue weighted by Crippen LogP contribution is -2.47. The molecule has 0 radical (unpaired) electrons. The van der Waals surface area contributed by atoms with Crippen molar-refractivity contribution in [2.24, 2.45) is 0 Å². The number of benzene rings is 2. The largest absolute Gasteiger partial charge is 0.364 e. The van der Waals surface area contributed by atoms with Crippen LogP contribution in [0.4, 0.5) is 14.5 Å². The molecule has 0 saturated carbocycles. The highest BCUT2D eigenvalue weighted by Gasteiger charge is 2.43. The Hall–Kier alpha value is -3.06. The summed E-state index contributed by atoms with van der Waals surface area (Å²) in [7, 11) is 0. The van der Waals surface area contributed by atoms with E-state index in [1.165, 1.54) is 42.5 Å². The SMILES string of the molecule is CCN1CCN(C2=C(c3ccc(F)cc3)C(=O)N(c3ccccc3F)C2=O)CC1. The van der Waals surface area contributed by atoms with Crippen molar-refractivity contribution in [3.05, 3.63) is 71.4 Å². The van der Waals surface area contributed by atoms with Crippen molar-refractivity contribution in [3.63, 3.8) is 0 Å². The quantitative estimate of drug-likeness (QED) is 0.745. The summed E-state index contributed by atoms with van der Waals surface area (Å²) in [5, 5.41) is 0. The minimum Gasteiger partial charge on any atom is -0.364 e. The van der Waals surface area contributed by atoms with Gasteiger partial charge in [-0.15, -0.1) is 0 Å². The minimum absolute atomic E-state index is 0.0793. The standard InChI is InChI=1S/C22H21F2N3O2/c1-2-25-11-13-26(14-12-25)20-19(15-7-9-16(23)10-8-15)21(28)27(22(20)29)18-6-4-3-5-17(18)24/h3-10H,2,11-14H2,1H3. The molecular formula is C22H21F2N3O2. The van der Waals surface area contributed by atoms with Crippen molar-refractivity contribution in [3.8, 4) is 0 Å². The lowest BCUT2D eigenvalue weighted by atomic mass is 10.0. The summed E-state index contributed by atoms with van der Waals surface area (Å²) >= 11 is 0. The monoisotopic (exact) mass is 397 g/mol. The number of carbonyl (C=O) groups excluding carboxylic acids is 2. The van der Waals surface area contributed by atoms with Crippen molar-refractivity contribution in [1.29, 1.82) is 0 Å². The van der Waals surface area contributed by atoms with Gasteiger partial charge in [0.2, 0.25) is 0 Å². The van der Waals surface area contributed by atoms with Gasteiger partial charge in [0.05, 0.1) is 11.3 Å². The lowest BCUT2D eigenvalue weighted by Gasteiger charge is -2.36. The summed E-state index contributed by atoms with van der Waals surface area (Å²) in [6, 6.07) is 11.2. The highest BCUT2D eigenvalue weighted by atomic mass is 19.1. The van der Waals surface area contributed by atoms with E-state index in [2.05, 4.69) is 11.8 Å². The average molecular weight is 397 g/mol. The second-order valence-electron chi connectivity index (χ2n) is 7.05. The molecule has 0 N–H and O–H groups in total. The molecule has 2 amide bonds. The van der Waals surface area contributed by atoms with Crippen molar-refractivity contribution in [2.75, 3.05) is 37.6 Å². The molecule has 0 spiro atoms. The van der Waals surface area contributed by atoms with Crippen LogP contribution < -0.4 is 4.90 Å². The molecule has 2 heterocycles. The van der Waals surface area contributed by atoms with Crippen LogP contribution in [0.5, 0.6) is 0 Å². The first-order valence-corrected chi connectivity index (χ1v) is 9.62. The number of imide groups is 1. The Labute approximate surface area is 167 Å². The summed E-state index contributed by atoms with van der Waals surface area (Å²) in [4.78, 5) is 31.6. The number of rotatable bonds is 4. The van der Waals surface area contributed by atoms with Gasteiger partial charge in [-0.2, -0.15) is 0 Å². The smallest absolute Gasteiger partial charge is 0.282 e. The Morgan fingerprint density at radius 3 is 2.14 bits per heavy atom. The van der Waals surface area contributed by atoms with E-state index in [0.29, 0.717) is 18.7 Å². The van der Waals surface area contributed by atoms with E-state index in [0.717, 1.165) is 24.5 Å². The van der Waals surface area contributed by atoms with Gasteiger partial charge < -0.3 is 9.80 Å². The van der Waals surface area contributed by atoms with E-state index < -0.39 is 23.4 Å². The lowest BCUT2D eigenvalue weighted by molar-refractivity contribution is -0.120. The van der Waals surface area contributed by atoms with Crippen molar-refractivity contribution in [1.82, 2.24) is 9.80 Å². The van der Waals surface area contributed by atoms with Gasteiger partial charge in [0.15, 0.2) is 0 Å². The van der Waals surface area contributed by atoms with Crippen LogP contribution in [0, 0.1) is 11.6 Å². The highest BCUT2D eigenvalue weighted by Crippen LogP contribution is 2.36.